The Morgan fingerprint density at radius 1 is 1.05 bits per heavy atom. The molecule has 0 unspecified atom stereocenters. The molecule has 0 radical (unpaired) electrons. The largest absolute Gasteiger partial charge is 0.495 e. The van der Waals surface area contributed by atoms with Crippen LogP contribution in [0.25, 0.3) is 6.08 Å². The van der Waals surface area contributed by atoms with Crippen LogP contribution in [0.1, 0.15) is 33.3 Å². The van der Waals surface area contributed by atoms with Crippen molar-refractivity contribution in [3.05, 3.63) is 35.9 Å². The van der Waals surface area contributed by atoms with Crippen molar-refractivity contribution in [1.82, 2.24) is 0 Å². The second-order valence-electron chi connectivity index (χ2n) is 5.71. The molecule has 1 aromatic rings. The molecule has 0 atom stereocenters. The van der Waals surface area contributed by atoms with Crippen LogP contribution in [0, 0.1) is 0 Å². The summed E-state index contributed by atoms with van der Waals surface area (Å²) in [6.45, 7) is 8.10. The lowest BCUT2D eigenvalue weighted by atomic mass is 9.76. The molecule has 1 saturated heterocycles. The SMILES string of the molecule is CC1(C)OB(c2ccccc2C=CC=O)OC1(C)C. The molecular weight excluding hydrogens is 239 g/mol. The molecule has 19 heavy (non-hydrogen) atoms. The summed E-state index contributed by atoms with van der Waals surface area (Å²) < 4.78 is 12.1. The van der Waals surface area contributed by atoms with Crippen LogP contribution >= 0.6 is 0 Å². The van der Waals surface area contributed by atoms with Crippen molar-refractivity contribution < 1.29 is 14.1 Å². The minimum Gasteiger partial charge on any atom is -0.399 e. The van der Waals surface area contributed by atoms with E-state index in [1.54, 1.807) is 6.08 Å². The molecule has 0 bridgehead atoms. The Morgan fingerprint density at radius 2 is 1.63 bits per heavy atom. The molecule has 0 aliphatic carbocycles. The molecule has 1 heterocycles. The first-order chi connectivity index (χ1) is 8.87. The summed E-state index contributed by atoms with van der Waals surface area (Å²) in [5.41, 5.74) is 1.16. The molecule has 1 aromatic carbocycles. The van der Waals surface area contributed by atoms with E-state index in [2.05, 4.69) is 0 Å². The van der Waals surface area contributed by atoms with Gasteiger partial charge in [0.1, 0.15) is 6.29 Å². The van der Waals surface area contributed by atoms with Gasteiger partial charge in [0, 0.05) is 0 Å². The Morgan fingerprint density at radius 3 is 2.21 bits per heavy atom. The average molecular weight is 258 g/mol. The van der Waals surface area contributed by atoms with Crippen molar-refractivity contribution in [3.8, 4) is 0 Å². The topological polar surface area (TPSA) is 35.5 Å². The van der Waals surface area contributed by atoms with Gasteiger partial charge in [0.15, 0.2) is 0 Å². The van der Waals surface area contributed by atoms with Gasteiger partial charge in [-0.3, -0.25) is 4.79 Å². The second-order valence-corrected chi connectivity index (χ2v) is 5.71. The van der Waals surface area contributed by atoms with Crippen LogP contribution in [-0.2, 0) is 14.1 Å². The fraction of sp³-hybridized carbons (Fsp3) is 0.400. The highest BCUT2D eigenvalue weighted by molar-refractivity contribution is 6.63. The van der Waals surface area contributed by atoms with Gasteiger partial charge in [0.25, 0.3) is 0 Å². The van der Waals surface area contributed by atoms with E-state index in [1.165, 1.54) is 6.08 Å². The predicted octanol–water partition coefficient (Wildman–Crippen LogP) is 2.20. The summed E-state index contributed by atoms with van der Waals surface area (Å²) >= 11 is 0. The van der Waals surface area contributed by atoms with Gasteiger partial charge in [-0.05, 0) is 44.8 Å². The maximum atomic E-state index is 10.5. The number of hydrogen-bond donors (Lipinski definition) is 0. The Bertz CT molecular complexity index is 490. The Labute approximate surface area is 114 Å². The van der Waals surface area contributed by atoms with Gasteiger partial charge in [-0.1, -0.05) is 30.3 Å². The number of allylic oxidation sites excluding steroid dienone is 1. The van der Waals surface area contributed by atoms with Gasteiger partial charge in [0.05, 0.1) is 11.2 Å². The number of carbonyl (C=O) groups excluding carboxylic acids is 1. The van der Waals surface area contributed by atoms with E-state index in [-0.39, 0.29) is 11.2 Å². The van der Waals surface area contributed by atoms with E-state index >= 15 is 0 Å². The first-order valence-electron chi connectivity index (χ1n) is 6.44. The maximum absolute atomic E-state index is 10.5. The summed E-state index contributed by atoms with van der Waals surface area (Å²) in [5.74, 6) is 0. The highest BCUT2D eigenvalue weighted by atomic mass is 16.7. The van der Waals surface area contributed by atoms with Crippen molar-refractivity contribution in [1.29, 1.82) is 0 Å². The molecule has 0 aromatic heterocycles. The minimum atomic E-state index is -0.405. The van der Waals surface area contributed by atoms with Crippen LogP contribution in [0.2, 0.25) is 0 Å². The van der Waals surface area contributed by atoms with Gasteiger partial charge in [-0.25, -0.2) is 0 Å². The lowest BCUT2D eigenvalue weighted by Crippen LogP contribution is -2.41. The molecule has 4 heteroatoms. The van der Waals surface area contributed by atoms with Gasteiger partial charge in [-0.15, -0.1) is 0 Å². The van der Waals surface area contributed by atoms with Crippen molar-refractivity contribution in [2.24, 2.45) is 0 Å². The van der Waals surface area contributed by atoms with E-state index in [4.69, 9.17) is 9.31 Å². The number of rotatable bonds is 3. The zero-order valence-corrected chi connectivity index (χ0v) is 11.8. The lowest BCUT2D eigenvalue weighted by molar-refractivity contribution is -0.104. The van der Waals surface area contributed by atoms with E-state index < -0.39 is 7.12 Å². The first kappa shape index (κ1) is 14.0. The molecule has 1 fully saturated rings. The normalized spacial score (nSPS) is 20.9. The van der Waals surface area contributed by atoms with Gasteiger partial charge < -0.3 is 9.31 Å². The smallest absolute Gasteiger partial charge is 0.399 e. The molecule has 0 spiro atoms. The third-order valence-corrected chi connectivity index (χ3v) is 3.86. The van der Waals surface area contributed by atoms with Gasteiger partial charge >= 0.3 is 7.12 Å². The van der Waals surface area contributed by atoms with Crippen LogP contribution in [0.5, 0.6) is 0 Å². The maximum Gasteiger partial charge on any atom is 0.495 e. The molecule has 1 aliphatic heterocycles. The fourth-order valence-corrected chi connectivity index (χ4v) is 1.99. The highest BCUT2D eigenvalue weighted by Gasteiger charge is 2.52. The van der Waals surface area contributed by atoms with Crippen LogP contribution in [0.15, 0.2) is 30.3 Å². The highest BCUT2D eigenvalue weighted by Crippen LogP contribution is 2.36. The Balaban J connectivity index is 2.34. The summed E-state index contributed by atoms with van der Waals surface area (Å²) in [6, 6.07) is 7.78. The van der Waals surface area contributed by atoms with Gasteiger partial charge in [-0.2, -0.15) is 0 Å². The average Bonchev–Trinajstić information content (AvgIpc) is 2.56. The fourth-order valence-electron chi connectivity index (χ4n) is 1.99. The predicted molar refractivity (Wildman–Crippen MR) is 77.3 cm³/mol. The quantitative estimate of drug-likeness (QED) is 0.473. The summed E-state index contributed by atoms with van der Waals surface area (Å²) in [6.07, 6.45) is 4.01. The Kier molecular flexibility index (Phi) is 3.65. The molecule has 0 amide bonds. The first-order valence-corrected chi connectivity index (χ1v) is 6.44. The molecule has 0 N–H and O–H groups in total. The number of hydrogen-bond acceptors (Lipinski definition) is 3. The molecule has 0 saturated carbocycles. The van der Waals surface area contributed by atoms with Crippen LogP contribution in [0.3, 0.4) is 0 Å². The summed E-state index contributed by atoms with van der Waals surface area (Å²) in [4.78, 5) is 10.5. The van der Waals surface area contributed by atoms with Crippen molar-refractivity contribution in [3.63, 3.8) is 0 Å². The van der Waals surface area contributed by atoms with Crippen LogP contribution in [-0.4, -0.2) is 24.6 Å². The molecule has 2 rings (SSSR count). The molecule has 1 aliphatic rings. The zero-order chi connectivity index (χ0) is 14.1. The standard InChI is InChI=1S/C15H19BO3/c1-14(2)15(3,4)19-16(18-14)13-10-6-5-8-12(13)9-7-11-17/h5-11H,1-4H3. The molecular formula is C15H19BO3. The van der Waals surface area contributed by atoms with Crippen molar-refractivity contribution in [2.45, 2.75) is 38.9 Å². The third kappa shape index (κ3) is 2.65. The van der Waals surface area contributed by atoms with Gasteiger partial charge in [0.2, 0.25) is 0 Å². The summed E-state index contributed by atoms with van der Waals surface area (Å²) in [5, 5.41) is 0. The minimum absolute atomic E-state index is 0.362. The number of benzene rings is 1. The Hall–Kier alpha value is -1.39. The molecule has 3 nitrogen and oxygen atoms in total. The van der Waals surface area contributed by atoms with E-state index in [0.717, 1.165) is 17.3 Å². The van der Waals surface area contributed by atoms with Crippen molar-refractivity contribution in [2.75, 3.05) is 0 Å². The molecule has 100 valence electrons. The van der Waals surface area contributed by atoms with Crippen LogP contribution < -0.4 is 5.46 Å². The van der Waals surface area contributed by atoms with E-state index in [0.29, 0.717) is 0 Å². The van der Waals surface area contributed by atoms with E-state index in [9.17, 15) is 4.79 Å². The monoisotopic (exact) mass is 258 g/mol. The zero-order valence-electron chi connectivity index (χ0n) is 11.8. The van der Waals surface area contributed by atoms with Crippen LogP contribution in [0.4, 0.5) is 0 Å². The number of carbonyl (C=O) groups is 1. The third-order valence-electron chi connectivity index (χ3n) is 3.86. The van der Waals surface area contributed by atoms with Crippen molar-refractivity contribution >= 4 is 24.9 Å². The lowest BCUT2D eigenvalue weighted by Gasteiger charge is -2.32. The number of aldehydes is 1. The van der Waals surface area contributed by atoms with E-state index in [1.807, 2.05) is 52.0 Å². The summed E-state index contributed by atoms with van der Waals surface area (Å²) in [7, 11) is -0.405. The second kappa shape index (κ2) is 4.95.